The summed E-state index contributed by atoms with van der Waals surface area (Å²) in [4.78, 5) is 23.2. The zero-order chi connectivity index (χ0) is 14.4. The number of carbonyl (C=O) groups excluding carboxylic acids is 2. The van der Waals surface area contributed by atoms with Gasteiger partial charge in [-0.05, 0) is 30.3 Å². The molecule has 0 unspecified atom stereocenters. The van der Waals surface area contributed by atoms with Gasteiger partial charge in [0.15, 0.2) is 0 Å². The Labute approximate surface area is 115 Å². The second-order valence-electron chi connectivity index (χ2n) is 3.95. The van der Waals surface area contributed by atoms with Gasteiger partial charge in [0.2, 0.25) is 0 Å². The number of phenols is 1. The van der Waals surface area contributed by atoms with Crippen LogP contribution in [0.3, 0.4) is 0 Å². The lowest BCUT2D eigenvalue weighted by molar-refractivity contribution is 0.0937. The number of hydrogen-bond donors (Lipinski definition) is 4. The van der Waals surface area contributed by atoms with Crippen molar-refractivity contribution in [1.82, 2.24) is 10.9 Å². The number of anilines is 1. The molecule has 4 N–H and O–H groups in total. The molecule has 0 aromatic heterocycles. The largest absolute Gasteiger partial charge is 0.508 e. The van der Waals surface area contributed by atoms with Crippen molar-refractivity contribution in [3.8, 4) is 5.75 Å². The van der Waals surface area contributed by atoms with Crippen LogP contribution in [-0.4, -0.2) is 17.0 Å². The zero-order valence-electron chi connectivity index (χ0n) is 10.5. The predicted molar refractivity (Wildman–Crippen MR) is 74.2 cm³/mol. The lowest BCUT2D eigenvalue weighted by Crippen LogP contribution is -2.43. The molecule has 2 aromatic rings. The quantitative estimate of drug-likeness (QED) is 0.628. The van der Waals surface area contributed by atoms with E-state index in [1.807, 2.05) is 6.07 Å². The van der Waals surface area contributed by atoms with Crippen molar-refractivity contribution in [3.63, 3.8) is 0 Å². The maximum absolute atomic E-state index is 11.7. The van der Waals surface area contributed by atoms with Gasteiger partial charge >= 0.3 is 6.03 Å². The Bertz CT molecular complexity index is 614. The van der Waals surface area contributed by atoms with Crippen LogP contribution in [0.4, 0.5) is 10.5 Å². The first-order valence-corrected chi connectivity index (χ1v) is 5.86. The highest BCUT2D eigenvalue weighted by Crippen LogP contribution is 2.10. The standard InChI is InChI=1S/C14H13N3O3/c18-12-8-4-5-10(9-12)13(19)16-17-14(20)15-11-6-2-1-3-7-11/h1-9,18H,(H,16,19)(H2,15,17,20). The predicted octanol–water partition coefficient (Wildman–Crippen LogP) is 1.86. The molecule has 2 rings (SSSR count). The van der Waals surface area contributed by atoms with Crippen molar-refractivity contribution in [2.45, 2.75) is 0 Å². The zero-order valence-corrected chi connectivity index (χ0v) is 10.5. The topological polar surface area (TPSA) is 90.5 Å². The van der Waals surface area contributed by atoms with Crippen LogP contribution in [0.15, 0.2) is 54.6 Å². The molecule has 2 aromatic carbocycles. The molecule has 0 fully saturated rings. The first-order valence-electron chi connectivity index (χ1n) is 5.86. The Morgan fingerprint density at radius 2 is 1.65 bits per heavy atom. The van der Waals surface area contributed by atoms with E-state index in [1.54, 1.807) is 24.3 Å². The van der Waals surface area contributed by atoms with Crippen LogP contribution >= 0.6 is 0 Å². The van der Waals surface area contributed by atoms with Crippen LogP contribution in [0.1, 0.15) is 10.4 Å². The first kappa shape index (κ1) is 13.4. The van der Waals surface area contributed by atoms with E-state index in [9.17, 15) is 14.7 Å². The van der Waals surface area contributed by atoms with Crippen LogP contribution < -0.4 is 16.2 Å². The van der Waals surface area contributed by atoms with Gasteiger partial charge in [-0.3, -0.25) is 10.2 Å². The molecule has 0 atom stereocenters. The summed E-state index contributed by atoms with van der Waals surface area (Å²) < 4.78 is 0. The highest BCUT2D eigenvalue weighted by Gasteiger charge is 2.07. The van der Waals surface area contributed by atoms with Crippen molar-refractivity contribution in [3.05, 3.63) is 60.2 Å². The summed E-state index contributed by atoms with van der Waals surface area (Å²) in [5.74, 6) is -0.546. The number of aromatic hydroxyl groups is 1. The molecule has 0 aliphatic heterocycles. The second-order valence-corrected chi connectivity index (χ2v) is 3.95. The Hall–Kier alpha value is -3.02. The summed E-state index contributed by atoms with van der Waals surface area (Å²) in [5.41, 5.74) is 5.30. The SMILES string of the molecule is O=C(NNC(=O)c1cccc(O)c1)Nc1ccccc1. The van der Waals surface area contributed by atoms with Crippen molar-refractivity contribution >= 4 is 17.6 Å². The van der Waals surface area contributed by atoms with E-state index >= 15 is 0 Å². The molecule has 6 nitrogen and oxygen atoms in total. The third-order valence-electron chi connectivity index (χ3n) is 2.43. The highest BCUT2D eigenvalue weighted by molar-refractivity contribution is 5.97. The molecule has 0 radical (unpaired) electrons. The van der Waals surface area contributed by atoms with Crippen molar-refractivity contribution < 1.29 is 14.7 Å². The molecule has 0 aliphatic rings. The summed E-state index contributed by atoms with van der Waals surface area (Å²) in [6.07, 6.45) is 0. The van der Waals surface area contributed by atoms with Crippen molar-refractivity contribution in [1.29, 1.82) is 0 Å². The van der Waals surface area contributed by atoms with Crippen LogP contribution in [0, 0.1) is 0 Å². The van der Waals surface area contributed by atoms with E-state index in [1.165, 1.54) is 24.3 Å². The normalized spacial score (nSPS) is 9.60. The van der Waals surface area contributed by atoms with Gasteiger partial charge in [0.05, 0.1) is 0 Å². The number of rotatable bonds is 2. The van der Waals surface area contributed by atoms with Gasteiger partial charge in [0.1, 0.15) is 5.75 Å². The monoisotopic (exact) mass is 271 g/mol. The first-order chi connectivity index (χ1) is 9.65. The number of nitrogens with one attached hydrogen (secondary N) is 3. The van der Waals surface area contributed by atoms with Crippen LogP contribution in [-0.2, 0) is 0 Å². The number of amides is 3. The number of carbonyl (C=O) groups is 2. The van der Waals surface area contributed by atoms with E-state index in [0.29, 0.717) is 5.69 Å². The number of urea groups is 1. The number of para-hydroxylation sites is 1. The minimum Gasteiger partial charge on any atom is -0.508 e. The van der Waals surface area contributed by atoms with Gasteiger partial charge in [-0.1, -0.05) is 24.3 Å². The van der Waals surface area contributed by atoms with Crippen LogP contribution in [0.25, 0.3) is 0 Å². The molecular formula is C14H13N3O3. The summed E-state index contributed by atoms with van der Waals surface area (Å²) in [5, 5.41) is 11.8. The van der Waals surface area contributed by atoms with E-state index in [0.717, 1.165) is 0 Å². The Kier molecular flexibility index (Phi) is 4.18. The van der Waals surface area contributed by atoms with Crippen molar-refractivity contribution in [2.75, 3.05) is 5.32 Å². The molecule has 0 bridgehead atoms. The molecule has 0 heterocycles. The fourth-order valence-electron chi connectivity index (χ4n) is 1.52. The fourth-order valence-corrected chi connectivity index (χ4v) is 1.52. The van der Waals surface area contributed by atoms with Gasteiger partial charge in [0.25, 0.3) is 5.91 Å². The van der Waals surface area contributed by atoms with Gasteiger partial charge in [-0.15, -0.1) is 0 Å². The van der Waals surface area contributed by atoms with Gasteiger partial charge < -0.3 is 10.4 Å². The van der Waals surface area contributed by atoms with Crippen LogP contribution in [0.5, 0.6) is 5.75 Å². The fraction of sp³-hybridized carbons (Fsp3) is 0. The van der Waals surface area contributed by atoms with Crippen LogP contribution in [0.2, 0.25) is 0 Å². The molecular weight excluding hydrogens is 258 g/mol. The molecule has 20 heavy (non-hydrogen) atoms. The Morgan fingerprint density at radius 3 is 2.35 bits per heavy atom. The molecule has 102 valence electrons. The molecule has 0 saturated heterocycles. The summed E-state index contributed by atoms with van der Waals surface area (Å²) in [6, 6.07) is 14.1. The Balaban J connectivity index is 1.86. The summed E-state index contributed by atoms with van der Waals surface area (Å²) in [7, 11) is 0. The Morgan fingerprint density at radius 1 is 0.900 bits per heavy atom. The van der Waals surface area contributed by atoms with E-state index in [-0.39, 0.29) is 11.3 Å². The molecule has 3 amide bonds. The van der Waals surface area contributed by atoms with Gasteiger partial charge in [-0.2, -0.15) is 0 Å². The van der Waals surface area contributed by atoms with Gasteiger partial charge in [0, 0.05) is 11.3 Å². The minimum absolute atomic E-state index is 0.0219. The van der Waals surface area contributed by atoms with Gasteiger partial charge in [-0.25, -0.2) is 10.2 Å². The maximum atomic E-state index is 11.7. The van der Waals surface area contributed by atoms with E-state index in [2.05, 4.69) is 16.2 Å². The molecule has 0 aliphatic carbocycles. The third kappa shape index (κ3) is 3.74. The number of phenolic OH excluding ortho intramolecular Hbond substituents is 1. The summed E-state index contributed by atoms with van der Waals surface area (Å²) >= 11 is 0. The third-order valence-corrected chi connectivity index (χ3v) is 2.43. The smallest absolute Gasteiger partial charge is 0.337 e. The average Bonchev–Trinajstić information content (AvgIpc) is 2.46. The average molecular weight is 271 g/mol. The number of hydrogen-bond acceptors (Lipinski definition) is 3. The van der Waals surface area contributed by atoms with E-state index in [4.69, 9.17) is 0 Å². The molecule has 0 saturated carbocycles. The maximum Gasteiger partial charge on any atom is 0.337 e. The number of benzene rings is 2. The lowest BCUT2D eigenvalue weighted by atomic mass is 10.2. The van der Waals surface area contributed by atoms with Crippen molar-refractivity contribution in [2.24, 2.45) is 0 Å². The highest BCUT2D eigenvalue weighted by atomic mass is 16.3. The molecule has 0 spiro atoms. The minimum atomic E-state index is -0.565. The summed E-state index contributed by atoms with van der Waals surface area (Å²) in [6.45, 7) is 0. The number of hydrazine groups is 1. The lowest BCUT2D eigenvalue weighted by Gasteiger charge is -2.09. The van der Waals surface area contributed by atoms with E-state index < -0.39 is 11.9 Å². The molecule has 6 heteroatoms. The second kappa shape index (κ2) is 6.24.